The third-order valence-corrected chi connectivity index (χ3v) is 3.03. The van der Waals surface area contributed by atoms with Crippen molar-refractivity contribution in [2.75, 3.05) is 7.05 Å². The summed E-state index contributed by atoms with van der Waals surface area (Å²) in [5.74, 6) is -1.29. The molecule has 4 heteroatoms. The second-order valence-corrected chi connectivity index (χ2v) is 4.34. The van der Waals surface area contributed by atoms with Crippen LogP contribution in [0, 0.1) is 17.5 Å². The van der Waals surface area contributed by atoms with E-state index in [0.29, 0.717) is 5.56 Å². The lowest BCUT2D eigenvalue weighted by Gasteiger charge is -2.17. The Morgan fingerprint density at radius 3 is 2.42 bits per heavy atom. The molecule has 0 bridgehead atoms. The van der Waals surface area contributed by atoms with Gasteiger partial charge in [-0.2, -0.15) is 0 Å². The van der Waals surface area contributed by atoms with E-state index in [1.807, 2.05) is 0 Å². The van der Waals surface area contributed by atoms with Crippen molar-refractivity contribution >= 4 is 0 Å². The Kier molecular flexibility index (Phi) is 4.22. The van der Waals surface area contributed by atoms with E-state index < -0.39 is 11.6 Å². The van der Waals surface area contributed by atoms with Gasteiger partial charge in [0.05, 0.1) is 0 Å². The smallest absolute Gasteiger partial charge is 0.126 e. The zero-order valence-electron chi connectivity index (χ0n) is 10.5. The van der Waals surface area contributed by atoms with Crippen LogP contribution in [-0.4, -0.2) is 7.05 Å². The number of hydrogen-bond acceptors (Lipinski definition) is 1. The summed E-state index contributed by atoms with van der Waals surface area (Å²) in [6.07, 6.45) is 0.254. The molecule has 0 aromatic heterocycles. The van der Waals surface area contributed by atoms with Crippen LogP contribution < -0.4 is 5.32 Å². The van der Waals surface area contributed by atoms with Crippen molar-refractivity contribution < 1.29 is 13.2 Å². The van der Waals surface area contributed by atoms with Crippen molar-refractivity contribution in [2.45, 2.75) is 12.5 Å². The minimum atomic E-state index is -0.481. The lowest BCUT2D eigenvalue weighted by molar-refractivity contribution is 0.540. The zero-order valence-corrected chi connectivity index (χ0v) is 10.5. The highest BCUT2D eigenvalue weighted by Gasteiger charge is 2.14. The molecular weight excluding hydrogens is 251 g/mol. The van der Waals surface area contributed by atoms with Crippen molar-refractivity contribution in [1.82, 2.24) is 5.32 Å². The minimum absolute atomic E-state index is 0.254. The molecule has 0 spiro atoms. The summed E-state index contributed by atoms with van der Waals surface area (Å²) in [4.78, 5) is 0. The number of likely N-dealkylation sites (N-methyl/N-ethyl adjacent to an activating group) is 1. The van der Waals surface area contributed by atoms with E-state index in [1.165, 1.54) is 18.2 Å². The molecule has 1 atom stereocenters. The molecule has 0 saturated heterocycles. The van der Waals surface area contributed by atoms with Crippen molar-refractivity contribution in [1.29, 1.82) is 0 Å². The van der Waals surface area contributed by atoms with Gasteiger partial charge in [0.25, 0.3) is 0 Å². The van der Waals surface area contributed by atoms with Crippen LogP contribution in [0.2, 0.25) is 0 Å². The standard InChI is InChI=1S/C15H14F3N/c1-19-15(10-3-2-4-12(16)7-10)9-11-8-13(17)5-6-14(11)18/h2-8,15,19H,9H2,1H3. The summed E-state index contributed by atoms with van der Waals surface area (Å²) in [5, 5.41) is 2.98. The molecule has 0 heterocycles. The molecule has 1 unspecified atom stereocenters. The maximum absolute atomic E-state index is 13.6. The van der Waals surface area contributed by atoms with Crippen molar-refractivity contribution in [3.8, 4) is 0 Å². The van der Waals surface area contributed by atoms with Crippen molar-refractivity contribution in [2.24, 2.45) is 0 Å². The number of halogens is 3. The van der Waals surface area contributed by atoms with Crippen LogP contribution in [0.25, 0.3) is 0 Å². The molecule has 0 amide bonds. The Balaban J connectivity index is 2.26. The molecule has 0 aliphatic heterocycles. The summed E-state index contributed by atoms with van der Waals surface area (Å²) in [7, 11) is 1.70. The Morgan fingerprint density at radius 1 is 1.00 bits per heavy atom. The second-order valence-electron chi connectivity index (χ2n) is 4.34. The molecule has 0 aliphatic carbocycles. The van der Waals surface area contributed by atoms with Gasteiger partial charge in [-0.15, -0.1) is 0 Å². The number of nitrogens with one attached hydrogen (secondary N) is 1. The third kappa shape index (κ3) is 3.35. The Morgan fingerprint density at radius 2 is 1.74 bits per heavy atom. The Bertz CT molecular complexity index is 569. The van der Waals surface area contributed by atoms with E-state index in [4.69, 9.17) is 0 Å². The van der Waals surface area contributed by atoms with Crippen LogP contribution in [0.15, 0.2) is 42.5 Å². The maximum Gasteiger partial charge on any atom is 0.126 e. The van der Waals surface area contributed by atoms with Crippen LogP contribution in [0.4, 0.5) is 13.2 Å². The van der Waals surface area contributed by atoms with Crippen molar-refractivity contribution in [3.05, 3.63) is 71.0 Å². The third-order valence-electron chi connectivity index (χ3n) is 3.03. The molecular formula is C15H14F3N. The fourth-order valence-electron chi connectivity index (χ4n) is 2.03. The van der Waals surface area contributed by atoms with Gasteiger partial charge < -0.3 is 5.32 Å². The fourth-order valence-corrected chi connectivity index (χ4v) is 2.03. The quantitative estimate of drug-likeness (QED) is 0.890. The predicted octanol–water partition coefficient (Wildman–Crippen LogP) is 3.61. The number of hydrogen-bond donors (Lipinski definition) is 1. The first-order valence-electron chi connectivity index (χ1n) is 5.97. The first kappa shape index (κ1) is 13.6. The van der Waals surface area contributed by atoms with Crippen LogP contribution >= 0.6 is 0 Å². The molecule has 2 rings (SSSR count). The monoisotopic (exact) mass is 265 g/mol. The van der Waals surface area contributed by atoms with E-state index in [1.54, 1.807) is 19.2 Å². The Hall–Kier alpha value is -1.81. The van der Waals surface area contributed by atoms with Gasteiger partial charge in [-0.05, 0) is 54.9 Å². The van der Waals surface area contributed by atoms with Crippen LogP contribution in [-0.2, 0) is 6.42 Å². The van der Waals surface area contributed by atoms with Crippen LogP contribution in [0.3, 0.4) is 0 Å². The molecule has 0 aliphatic rings. The normalized spacial score (nSPS) is 12.4. The molecule has 0 fully saturated rings. The molecule has 19 heavy (non-hydrogen) atoms. The molecule has 2 aromatic carbocycles. The lowest BCUT2D eigenvalue weighted by atomic mass is 9.98. The van der Waals surface area contributed by atoms with E-state index >= 15 is 0 Å². The zero-order chi connectivity index (χ0) is 13.8. The summed E-state index contributed by atoms with van der Waals surface area (Å²) >= 11 is 0. The summed E-state index contributed by atoms with van der Waals surface area (Å²) in [6, 6.07) is 9.15. The van der Waals surface area contributed by atoms with Gasteiger partial charge in [0.2, 0.25) is 0 Å². The average molecular weight is 265 g/mol. The topological polar surface area (TPSA) is 12.0 Å². The molecule has 0 saturated carbocycles. The van der Waals surface area contributed by atoms with Gasteiger partial charge in [0, 0.05) is 6.04 Å². The number of benzene rings is 2. The molecule has 1 N–H and O–H groups in total. The highest BCUT2D eigenvalue weighted by atomic mass is 19.1. The largest absolute Gasteiger partial charge is 0.313 e. The molecule has 1 nitrogen and oxygen atoms in total. The second kappa shape index (κ2) is 5.89. The first-order valence-corrected chi connectivity index (χ1v) is 5.97. The van der Waals surface area contributed by atoms with Gasteiger partial charge in [0.15, 0.2) is 0 Å². The van der Waals surface area contributed by atoms with E-state index in [0.717, 1.165) is 12.1 Å². The fraction of sp³-hybridized carbons (Fsp3) is 0.200. The van der Waals surface area contributed by atoms with E-state index in [2.05, 4.69) is 5.32 Å². The SMILES string of the molecule is CNC(Cc1cc(F)ccc1F)c1cccc(F)c1. The summed E-state index contributed by atoms with van der Waals surface area (Å²) < 4.78 is 39.9. The van der Waals surface area contributed by atoms with E-state index in [9.17, 15) is 13.2 Å². The van der Waals surface area contributed by atoms with Gasteiger partial charge >= 0.3 is 0 Å². The Labute approximate surface area is 110 Å². The molecule has 0 radical (unpaired) electrons. The van der Waals surface area contributed by atoms with Gasteiger partial charge in [0.1, 0.15) is 17.5 Å². The van der Waals surface area contributed by atoms with Crippen molar-refractivity contribution in [3.63, 3.8) is 0 Å². The summed E-state index contributed by atoms with van der Waals surface area (Å²) in [5.41, 5.74) is 0.967. The van der Waals surface area contributed by atoms with Gasteiger partial charge in [-0.25, -0.2) is 13.2 Å². The molecule has 2 aromatic rings. The maximum atomic E-state index is 13.6. The average Bonchev–Trinajstić information content (AvgIpc) is 2.39. The number of rotatable bonds is 4. The predicted molar refractivity (Wildman–Crippen MR) is 68.3 cm³/mol. The molecule has 100 valence electrons. The van der Waals surface area contributed by atoms with E-state index in [-0.39, 0.29) is 23.8 Å². The van der Waals surface area contributed by atoms with Crippen LogP contribution in [0.1, 0.15) is 17.2 Å². The van der Waals surface area contributed by atoms with Gasteiger partial charge in [-0.1, -0.05) is 12.1 Å². The first-order chi connectivity index (χ1) is 9.10. The highest BCUT2D eigenvalue weighted by Crippen LogP contribution is 2.21. The van der Waals surface area contributed by atoms with Crippen LogP contribution in [0.5, 0.6) is 0 Å². The lowest BCUT2D eigenvalue weighted by Crippen LogP contribution is -2.19. The summed E-state index contributed by atoms with van der Waals surface area (Å²) in [6.45, 7) is 0. The minimum Gasteiger partial charge on any atom is -0.313 e. The van der Waals surface area contributed by atoms with Gasteiger partial charge in [-0.3, -0.25) is 0 Å². The highest BCUT2D eigenvalue weighted by molar-refractivity contribution is 5.25.